The van der Waals surface area contributed by atoms with Crippen molar-refractivity contribution in [3.05, 3.63) is 76.8 Å². The summed E-state index contributed by atoms with van der Waals surface area (Å²) in [5.41, 5.74) is 4.65. The summed E-state index contributed by atoms with van der Waals surface area (Å²) in [6, 6.07) is 11.2. The zero-order valence-electron chi connectivity index (χ0n) is 18.9. The lowest BCUT2D eigenvalue weighted by molar-refractivity contribution is 0.0714. The summed E-state index contributed by atoms with van der Waals surface area (Å²) >= 11 is 6.46. The van der Waals surface area contributed by atoms with Crippen LogP contribution in [0.1, 0.15) is 47.3 Å². The van der Waals surface area contributed by atoms with Crippen LogP contribution in [0, 0.1) is 0 Å². The van der Waals surface area contributed by atoms with Gasteiger partial charge in [-0.3, -0.25) is 14.5 Å². The normalized spacial score (nSPS) is 18.2. The Morgan fingerprint density at radius 3 is 2.79 bits per heavy atom. The van der Waals surface area contributed by atoms with Crippen molar-refractivity contribution in [2.45, 2.75) is 44.2 Å². The number of pyridine rings is 2. The average Bonchev–Trinajstić information content (AvgIpc) is 3.27. The Morgan fingerprint density at radius 1 is 1.21 bits per heavy atom. The number of para-hydroxylation sites is 1. The van der Waals surface area contributed by atoms with E-state index in [0.29, 0.717) is 29.1 Å². The fraction of sp³-hybridized carbons (Fsp3) is 0.308. The van der Waals surface area contributed by atoms with Gasteiger partial charge >= 0.3 is 0 Å². The number of carbonyl (C=O) groups is 1. The molecule has 1 fully saturated rings. The smallest absolute Gasteiger partial charge is 0.270 e. The van der Waals surface area contributed by atoms with Crippen LogP contribution in [0.5, 0.6) is 0 Å². The van der Waals surface area contributed by atoms with Gasteiger partial charge in [0.1, 0.15) is 5.69 Å². The molecule has 0 spiro atoms. The van der Waals surface area contributed by atoms with Gasteiger partial charge in [-0.25, -0.2) is 4.98 Å². The molecule has 1 aliphatic rings. The highest BCUT2D eigenvalue weighted by Crippen LogP contribution is 2.28. The lowest BCUT2D eigenvalue weighted by Gasteiger charge is -2.28. The van der Waals surface area contributed by atoms with Gasteiger partial charge in [0, 0.05) is 30.4 Å². The molecule has 3 aromatic heterocycles. The van der Waals surface area contributed by atoms with E-state index in [9.17, 15) is 9.90 Å². The Morgan fingerprint density at radius 2 is 2.06 bits per heavy atom. The van der Waals surface area contributed by atoms with Crippen molar-refractivity contribution < 1.29 is 9.90 Å². The number of nitrogens with zero attached hydrogens (tertiary/aromatic N) is 4. The number of halogens is 1. The Balaban J connectivity index is 1.45. The molecule has 34 heavy (non-hydrogen) atoms. The first-order valence-electron chi connectivity index (χ1n) is 11.5. The van der Waals surface area contributed by atoms with Crippen LogP contribution < -0.4 is 5.32 Å². The van der Waals surface area contributed by atoms with Gasteiger partial charge in [-0.2, -0.15) is 5.10 Å². The summed E-state index contributed by atoms with van der Waals surface area (Å²) in [7, 11) is 1.88. The van der Waals surface area contributed by atoms with Gasteiger partial charge in [-0.05, 0) is 48.6 Å². The van der Waals surface area contributed by atoms with Gasteiger partial charge in [0.25, 0.3) is 5.91 Å². The van der Waals surface area contributed by atoms with Crippen LogP contribution in [-0.2, 0) is 13.5 Å². The highest BCUT2D eigenvalue weighted by molar-refractivity contribution is 6.35. The third kappa shape index (κ3) is 4.67. The number of nitrogens with one attached hydrogen (secondary N) is 1. The number of rotatable bonds is 5. The fourth-order valence-corrected chi connectivity index (χ4v) is 4.76. The molecule has 8 heteroatoms. The van der Waals surface area contributed by atoms with E-state index in [1.54, 1.807) is 16.9 Å². The molecule has 0 unspecified atom stereocenters. The Bertz CT molecular complexity index is 1340. The van der Waals surface area contributed by atoms with E-state index in [1.165, 1.54) is 0 Å². The number of benzene rings is 1. The number of fused-ring (bicyclic) bond motifs is 1. The van der Waals surface area contributed by atoms with Crippen molar-refractivity contribution in [2.75, 3.05) is 0 Å². The molecule has 1 saturated carbocycles. The molecular formula is C26H26ClN5O2. The molecule has 0 radical (unpaired) electrons. The number of aryl methyl sites for hydroxylation is 1. The van der Waals surface area contributed by atoms with Crippen LogP contribution in [0.25, 0.3) is 22.2 Å². The fourth-order valence-electron chi connectivity index (χ4n) is 4.54. The minimum Gasteiger partial charge on any atom is -0.391 e. The predicted octanol–water partition coefficient (Wildman–Crippen LogP) is 4.31. The molecule has 174 valence electrons. The number of carbonyl (C=O) groups excluding carboxylic acids is 1. The highest BCUT2D eigenvalue weighted by atomic mass is 35.5. The van der Waals surface area contributed by atoms with Gasteiger partial charge in [0.05, 0.1) is 34.6 Å². The Hall–Kier alpha value is -3.29. The molecule has 1 aromatic carbocycles. The molecule has 0 bridgehead atoms. The van der Waals surface area contributed by atoms with Crippen LogP contribution in [0.3, 0.4) is 0 Å². The van der Waals surface area contributed by atoms with Gasteiger partial charge in [-0.15, -0.1) is 0 Å². The number of hydrogen-bond donors (Lipinski definition) is 2. The molecule has 2 atom stereocenters. The molecule has 0 saturated heterocycles. The first-order valence-corrected chi connectivity index (χ1v) is 11.9. The summed E-state index contributed by atoms with van der Waals surface area (Å²) in [5.74, 6) is -0.293. The number of amides is 1. The second-order valence-electron chi connectivity index (χ2n) is 8.87. The molecule has 7 nitrogen and oxygen atoms in total. The molecule has 4 aromatic rings. The third-order valence-corrected chi connectivity index (χ3v) is 6.68. The number of aliphatic hydroxyl groups excluding tert-OH is 1. The van der Waals surface area contributed by atoms with E-state index in [-0.39, 0.29) is 11.9 Å². The quantitative estimate of drug-likeness (QED) is 0.448. The predicted molar refractivity (Wildman–Crippen MR) is 132 cm³/mol. The lowest BCUT2D eigenvalue weighted by atomic mass is 9.92. The maximum Gasteiger partial charge on any atom is 0.270 e. The van der Waals surface area contributed by atoms with Crippen molar-refractivity contribution in [1.82, 2.24) is 25.1 Å². The van der Waals surface area contributed by atoms with E-state index < -0.39 is 6.10 Å². The summed E-state index contributed by atoms with van der Waals surface area (Å²) in [6.45, 7) is 0. The lowest BCUT2D eigenvalue weighted by Crippen LogP contribution is -2.45. The van der Waals surface area contributed by atoms with E-state index in [4.69, 9.17) is 11.6 Å². The van der Waals surface area contributed by atoms with E-state index >= 15 is 0 Å². The van der Waals surface area contributed by atoms with Crippen LogP contribution >= 0.6 is 11.6 Å². The SMILES string of the molecule is Cn1cc(-c2ccc(Cc3cc(C(=O)N[C@H]4CCCC[C@@H]4O)nc4c(Cl)cccc34)cn2)cn1. The third-order valence-electron chi connectivity index (χ3n) is 6.37. The maximum absolute atomic E-state index is 13.1. The Labute approximate surface area is 202 Å². The maximum atomic E-state index is 13.1. The topological polar surface area (TPSA) is 92.9 Å². The number of hydrogen-bond acceptors (Lipinski definition) is 5. The van der Waals surface area contributed by atoms with E-state index in [0.717, 1.165) is 47.0 Å². The molecular weight excluding hydrogens is 450 g/mol. The van der Waals surface area contributed by atoms with Crippen LogP contribution in [0.4, 0.5) is 0 Å². The standard InChI is InChI=1S/C26H26ClN5O2/c1-32-15-18(14-29-32)21-10-9-16(13-28-21)11-17-12-23(30-25-19(17)5-4-6-20(25)27)26(34)31-22-7-2-3-8-24(22)33/h4-6,9-10,12-15,22,24,33H,2-3,7-8,11H2,1H3,(H,31,34)/t22-,24-/m0/s1. The highest BCUT2D eigenvalue weighted by Gasteiger charge is 2.25. The van der Waals surface area contributed by atoms with E-state index in [2.05, 4.69) is 20.4 Å². The van der Waals surface area contributed by atoms with Crippen LogP contribution in [-0.4, -0.2) is 42.9 Å². The molecule has 0 aliphatic heterocycles. The van der Waals surface area contributed by atoms with Gasteiger partial charge in [-0.1, -0.05) is 42.6 Å². The van der Waals surface area contributed by atoms with E-state index in [1.807, 2.05) is 49.8 Å². The minimum atomic E-state index is -0.523. The zero-order chi connectivity index (χ0) is 23.7. The van der Waals surface area contributed by atoms with Crippen molar-refractivity contribution in [2.24, 2.45) is 7.05 Å². The number of aliphatic hydroxyl groups is 1. The molecule has 1 aliphatic carbocycles. The summed E-state index contributed by atoms with van der Waals surface area (Å²) in [6.07, 6.45) is 9.05. The molecule has 1 amide bonds. The second kappa shape index (κ2) is 9.52. The second-order valence-corrected chi connectivity index (χ2v) is 9.27. The van der Waals surface area contributed by atoms with Crippen molar-refractivity contribution in [3.63, 3.8) is 0 Å². The summed E-state index contributed by atoms with van der Waals surface area (Å²) in [4.78, 5) is 22.2. The molecule has 2 N–H and O–H groups in total. The van der Waals surface area contributed by atoms with Crippen molar-refractivity contribution >= 4 is 28.4 Å². The summed E-state index contributed by atoms with van der Waals surface area (Å²) < 4.78 is 1.75. The zero-order valence-corrected chi connectivity index (χ0v) is 19.7. The molecule has 3 heterocycles. The van der Waals surface area contributed by atoms with Gasteiger partial charge in [0.2, 0.25) is 0 Å². The van der Waals surface area contributed by atoms with Crippen molar-refractivity contribution in [3.8, 4) is 11.3 Å². The molecule has 5 rings (SSSR count). The monoisotopic (exact) mass is 475 g/mol. The van der Waals surface area contributed by atoms with Crippen molar-refractivity contribution in [1.29, 1.82) is 0 Å². The van der Waals surface area contributed by atoms with Crippen LogP contribution in [0.15, 0.2) is 55.0 Å². The first kappa shape index (κ1) is 22.5. The summed E-state index contributed by atoms with van der Waals surface area (Å²) in [5, 5.41) is 18.8. The average molecular weight is 476 g/mol. The number of aromatic nitrogens is 4. The largest absolute Gasteiger partial charge is 0.391 e. The first-order chi connectivity index (χ1) is 16.5. The van der Waals surface area contributed by atoms with Crippen LogP contribution in [0.2, 0.25) is 5.02 Å². The van der Waals surface area contributed by atoms with Gasteiger partial charge in [0.15, 0.2) is 0 Å². The minimum absolute atomic E-state index is 0.252. The van der Waals surface area contributed by atoms with Gasteiger partial charge < -0.3 is 10.4 Å². The Kier molecular flexibility index (Phi) is 6.30.